The fourth-order valence-corrected chi connectivity index (χ4v) is 8.14. The number of hydrogen-bond donors (Lipinski definition) is 1. The van der Waals surface area contributed by atoms with E-state index in [1.165, 1.54) is 20.2 Å². The SMILES string of the molecule is c1ccc(C2=NC(c3cccc4c3sc3ccccc34)NC(c3cnc(-c4ccccc4)c4oc5cc6ccccc6cc5c34)=N2)cc1. The molecular formula is C42H26N4OS. The fourth-order valence-electron chi connectivity index (χ4n) is 6.90. The van der Waals surface area contributed by atoms with Gasteiger partial charge in [-0.25, -0.2) is 9.98 Å². The quantitative estimate of drug-likeness (QED) is 0.210. The maximum Gasteiger partial charge on any atom is 0.162 e. The molecule has 1 aliphatic rings. The molecule has 0 aliphatic carbocycles. The molecule has 6 aromatic carbocycles. The summed E-state index contributed by atoms with van der Waals surface area (Å²) in [6.45, 7) is 0. The average Bonchev–Trinajstić information content (AvgIpc) is 3.72. The molecule has 0 amide bonds. The lowest BCUT2D eigenvalue weighted by Crippen LogP contribution is -2.33. The van der Waals surface area contributed by atoms with E-state index in [2.05, 4.69) is 108 Å². The summed E-state index contributed by atoms with van der Waals surface area (Å²) in [5.74, 6) is 1.38. The van der Waals surface area contributed by atoms with Crippen molar-refractivity contribution in [3.63, 3.8) is 0 Å². The molecule has 0 spiro atoms. The number of aromatic nitrogens is 1. The van der Waals surface area contributed by atoms with E-state index in [1.54, 1.807) is 11.3 Å². The number of pyridine rings is 1. The third kappa shape index (κ3) is 4.27. The lowest BCUT2D eigenvalue weighted by Gasteiger charge is -2.24. The van der Waals surface area contributed by atoms with Crippen LogP contribution in [0.3, 0.4) is 0 Å². The van der Waals surface area contributed by atoms with Crippen molar-refractivity contribution in [3.8, 4) is 11.3 Å². The number of thiophene rings is 1. The minimum atomic E-state index is -0.368. The number of benzene rings is 6. The predicted octanol–water partition coefficient (Wildman–Crippen LogP) is 10.7. The maximum atomic E-state index is 6.72. The minimum absolute atomic E-state index is 0.368. The van der Waals surface area contributed by atoms with Crippen molar-refractivity contribution >= 4 is 75.9 Å². The molecule has 48 heavy (non-hydrogen) atoms. The number of amidine groups is 2. The highest BCUT2D eigenvalue weighted by Crippen LogP contribution is 2.41. The van der Waals surface area contributed by atoms with Crippen molar-refractivity contribution in [2.24, 2.45) is 9.98 Å². The topological polar surface area (TPSA) is 62.8 Å². The van der Waals surface area contributed by atoms with E-state index in [1.807, 2.05) is 42.6 Å². The van der Waals surface area contributed by atoms with Crippen LogP contribution >= 0.6 is 11.3 Å². The predicted molar refractivity (Wildman–Crippen MR) is 199 cm³/mol. The van der Waals surface area contributed by atoms with Gasteiger partial charge in [0.15, 0.2) is 11.4 Å². The Morgan fingerprint density at radius 1 is 0.646 bits per heavy atom. The van der Waals surface area contributed by atoms with Crippen molar-refractivity contribution < 1.29 is 4.42 Å². The summed E-state index contributed by atoms with van der Waals surface area (Å²) in [5, 5.41) is 10.5. The molecule has 1 aliphatic heterocycles. The van der Waals surface area contributed by atoms with Crippen molar-refractivity contribution in [2.45, 2.75) is 6.17 Å². The van der Waals surface area contributed by atoms with Crippen LogP contribution in [-0.2, 0) is 0 Å². The number of fused-ring (bicyclic) bond motifs is 7. The van der Waals surface area contributed by atoms with Gasteiger partial charge in [0, 0.05) is 59.4 Å². The lowest BCUT2D eigenvalue weighted by molar-refractivity contribution is 0.668. The number of hydrogen-bond acceptors (Lipinski definition) is 6. The van der Waals surface area contributed by atoms with E-state index in [0.717, 1.165) is 60.7 Å². The monoisotopic (exact) mass is 634 g/mol. The van der Waals surface area contributed by atoms with Crippen molar-refractivity contribution in [3.05, 3.63) is 162 Å². The van der Waals surface area contributed by atoms with Gasteiger partial charge in [-0.2, -0.15) is 0 Å². The number of aliphatic imine (C=N–C) groups is 2. The number of rotatable bonds is 4. The molecule has 0 saturated heterocycles. The highest BCUT2D eigenvalue weighted by atomic mass is 32.1. The molecule has 0 saturated carbocycles. The second-order valence-electron chi connectivity index (χ2n) is 12.0. The summed E-state index contributed by atoms with van der Waals surface area (Å²) in [7, 11) is 0. The van der Waals surface area contributed by atoms with Crippen molar-refractivity contribution in [2.75, 3.05) is 0 Å². The summed E-state index contributed by atoms with van der Waals surface area (Å²) < 4.78 is 9.20. The molecule has 5 nitrogen and oxygen atoms in total. The number of nitrogens with zero attached hydrogens (tertiary/aromatic N) is 3. The summed E-state index contributed by atoms with van der Waals surface area (Å²) >= 11 is 1.81. The normalized spacial score (nSPS) is 14.9. The van der Waals surface area contributed by atoms with Crippen LogP contribution < -0.4 is 5.32 Å². The second-order valence-corrected chi connectivity index (χ2v) is 13.1. The minimum Gasteiger partial charge on any atom is -0.454 e. The van der Waals surface area contributed by atoms with Crippen LogP contribution in [0.2, 0.25) is 0 Å². The highest BCUT2D eigenvalue weighted by molar-refractivity contribution is 7.26. The average molecular weight is 635 g/mol. The molecule has 0 radical (unpaired) electrons. The largest absolute Gasteiger partial charge is 0.454 e. The van der Waals surface area contributed by atoms with Crippen LogP contribution in [0.1, 0.15) is 22.9 Å². The molecule has 1 N–H and O–H groups in total. The highest BCUT2D eigenvalue weighted by Gasteiger charge is 2.27. The Balaban J connectivity index is 1.23. The summed E-state index contributed by atoms with van der Waals surface area (Å²) in [5.41, 5.74) is 6.29. The molecule has 1 unspecified atom stereocenters. The van der Waals surface area contributed by atoms with E-state index in [0.29, 0.717) is 11.7 Å². The molecule has 0 bridgehead atoms. The fraction of sp³-hybridized carbons (Fsp3) is 0.0238. The lowest BCUT2D eigenvalue weighted by atomic mass is 10.0. The van der Waals surface area contributed by atoms with Crippen LogP contribution in [0, 0.1) is 0 Å². The van der Waals surface area contributed by atoms with Gasteiger partial charge in [0.2, 0.25) is 0 Å². The van der Waals surface area contributed by atoms with E-state index < -0.39 is 0 Å². The Morgan fingerprint density at radius 3 is 2.19 bits per heavy atom. The molecule has 3 aromatic heterocycles. The van der Waals surface area contributed by atoms with E-state index >= 15 is 0 Å². The first-order valence-corrected chi connectivity index (χ1v) is 16.8. The third-order valence-corrected chi connectivity index (χ3v) is 10.4. The van der Waals surface area contributed by atoms with Gasteiger partial charge in [-0.3, -0.25) is 4.98 Å². The first-order chi connectivity index (χ1) is 23.8. The first-order valence-electron chi connectivity index (χ1n) is 16.0. The van der Waals surface area contributed by atoms with Crippen LogP contribution in [-0.4, -0.2) is 16.7 Å². The molecule has 4 heterocycles. The Hall–Kier alpha value is -6.11. The standard InChI is InChI=1S/C42H26N4OS/c1-3-12-25(13-4-1)37-38-36(32-22-27-16-7-8-17-28(27)23-34(32)47-38)33(24-43-37)42-45-40(26-14-5-2-6-15-26)44-41(46-42)31-20-11-19-30-29-18-9-10-21-35(29)48-39(30)31/h1-24,41H,(H,44,45,46). The Bertz CT molecular complexity index is 2760. The van der Waals surface area contributed by atoms with Gasteiger partial charge < -0.3 is 9.73 Å². The summed E-state index contributed by atoms with van der Waals surface area (Å²) in [4.78, 5) is 15.5. The molecule has 226 valence electrons. The molecule has 9 aromatic rings. The smallest absolute Gasteiger partial charge is 0.162 e. The van der Waals surface area contributed by atoms with E-state index in [-0.39, 0.29) is 6.17 Å². The van der Waals surface area contributed by atoms with Crippen LogP contribution in [0.15, 0.2) is 160 Å². The zero-order chi connectivity index (χ0) is 31.6. The van der Waals surface area contributed by atoms with Gasteiger partial charge in [-0.15, -0.1) is 11.3 Å². The zero-order valence-corrected chi connectivity index (χ0v) is 26.4. The third-order valence-electron chi connectivity index (χ3n) is 9.17. The number of furan rings is 1. The van der Waals surface area contributed by atoms with Crippen LogP contribution in [0.25, 0.3) is 64.1 Å². The second kappa shape index (κ2) is 10.7. The van der Waals surface area contributed by atoms with Crippen molar-refractivity contribution in [1.82, 2.24) is 10.3 Å². The van der Waals surface area contributed by atoms with E-state index in [4.69, 9.17) is 19.4 Å². The van der Waals surface area contributed by atoms with Crippen LogP contribution in [0.5, 0.6) is 0 Å². The Morgan fingerprint density at radius 2 is 1.35 bits per heavy atom. The van der Waals surface area contributed by atoms with Crippen molar-refractivity contribution in [1.29, 1.82) is 0 Å². The van der Waals surface area contributed by atoms with Gasteiger partial charge >= 0.3 is 0 Å². The molecule has 0 fully saturated rings. The zero-order valence-electron chi connectivity index (χ0n) is 25.6. The van der Waals surface area contributed by atoms with Gasteiger partial charge in [-0.05, 0) is 29.0 Å². The van der Waals surface area contributed by atoms with Gasteiger partial charge in [0.25, 0.3) is 0 Å². The van der Waals surface area contributed by atoms with Gasteiger partial charge in [-0.1, -0.05) is 121 Å². The molecule has 10 rings (SSSR count). The first kappa shape index (κ1) is 27.0. The van der Waals surface area contributed by atoms with Crippen LogP contribution in [0.4, 0.5) is 0 Å². The Kier molecular flexibility index (Phi) is 6.04. The Labute approximate surface area is 279 Å². The number of nitrogens with one attached hydrogen (secondary N) is 1. The summed E-state index contributed by atoms with van der Waals surface area (Å²) in [6.07, 6.45) is 1.57. The molecule has 1 atom stereocenters. The van der Waals surface area contributed by atoms with Gasteiger partial charge in [0.05, 0.1) is 0 Å². The maximum absolute atomic E-state index is 6.72. The molecule has 6 heteroatoms. The summed E-state index contributed by atoms with van der Waals surface area (Å²) in [6, 6.07) is 48.3. The van der Waals surface area contributed by atoms with Gasteiger partial charge in [0.1, 0.15) is 23.3 Å². The van der Waals surface area contributed by atoms with E-state index in [9.17, 15) is 0 Å². The molecular weight excluding hydrogens is 609 g/mol.